The molecule has 0 aliphatic heterocycles. The second-order valence-corrected chi connectivity index (χ2v) is 2.42. The molecule has 11 heavy (non-hydrogen) atoms. The maximum absolute atomic E-state index is 11.5. The molecule has 0 radical (unpaired) electrons. The lowest BCUT2D eigenvalue weighted by Gasteiger charge is -2.08. The van der Waals surface area contributed by atoms with E-state index in [9.17, 15) is 13.2 Å². The van der Waals surface area contributed by atoms with Crippen LogP contribution in [0.1, 0.15) is 13.3 Å². The molecule has 1 atom stereocenters. The number of halogens is 3. The third kappa shape index (κ3) is 9.71. The van der Waals surface area contributed by atoms with Gasteiger partial charge in [0, 0.05) is 13.1 Å². The molecule has 0 saturated carbocycles. The van der Waals surface area contributed by atoms with Gasteiger partial charge in [0.05, 0.1) is 12.5 Å². The smallest absolute Gasteiger partial charge is 0.390 e. The number of nitrogens with one attached hydrogen (secondary N) is 1. The van der Waals surface area contributed by atoms with Crippen LogP contribution in [-0.2, 0) is 0 Å². The van der Waals surface area contributed by atoms with E-state index in [-0.39, 0.29) is 13.1 Å². The van der Waals surface area contributed by atoms with Crippen molar-refractivity contribution in [3.8, 4) is 0 Å². The lowest BCUT2D eigenvalue weighted by molar-refractivity contribution is -0.133. The minimum Gasteiger partial charge on any atom is -0.392 e. The van der Waals surface area contributed by atoms with Crippen molar-refractivity contribution in [1.29, 1.82) is 0 Å². The van der Waals surface area contributed by atoms with Gasteiger partial charge in [0.25, 0.3) is 0 Å². The first-order chi connectivity index (χ1) is 4.92. The van der Waals surface area contributed by atoms with Crippen molar-refractivity contribution in [2.45, 2.75) is 25.6 Å². The van der Waals surface area contributed by atoms with Crippen LogP contribution < -0.4 is 5.32 Å². The van der Waals surface area contributed by atoms with Gasteiger partial charge in [-0.05, 0) is 6.92 Å². The van der Waals surface area contributed by atoms with E-state index >= 15 is 0 Å². The Morgan fingerprint density at radius 3 is 2.36 bits per heavy atom. The summed E-state index contributed by atoms with van der Waals surface area (Å²) in [5.74, 6) is 0. The molecule has 0 aromatic rings. The molecule has 0 aliphatic carbocycles. The highest BCUT2D eigenvalue weighted by Crippen LogP contribution is 2.17. The molecule has 0 unspecified atom stereocenters. The van der Waals surface area contributed by atoms with Crippen LogP contribution >= 0.6 is 0 Å². The van der Waals surface area contributed by atoms with E-state index in [1.54, 1.807) is 0 Å². The van der Waals surface area contributed by atoms with Gasteiger partial charge < -0.3 is 10.4 Å². The third-order valence-corrected chi connectivity index (χ3v) is 1.02. The Morgan fingerprint density at radius 1 is 1.45 bits per heavy atom. The fraction of sp³-hybridized carbons (Fsp3) is 1.00. The molecule has 2 nitrogen and oxygen atoms in total. The summed E-state index contributed by atoms with van der Waals surface area (Å²) in [7, 11) is 0. The third-order valence-electron chi connectivity index (χ3n) is 1.02. The average molecular weight is 171 g/mol. The van der Waals surface area contributed by atoms with E-state index in [0.29, 0.717) is 0 Å². The minimum atomic E-state index is -4.11. The predicted octanol–water partition coefficient (Wildman–Crippen LogP) is 0.909. The van der Waals surface area contributed by atoms with Crippen molar-refractivity contribution in [2.24, 2.45) is 0 Å². The molecular weight excluding hydrogens is 159 g/mol. The second kappa shape index (κ2) is 4.56. The highest BCUT2D eigenvalue weighted by Gasteiger charge is 2.25. The summed E-state index contributed by atoms with van der Waals surface area (Å²) < 4.78 is 34.4. The number of hydrogen-bond acceptors (Lipinski definition) is 2. The monoisotopic (exact) mass is 171 g/mol. The van der Waals surface area contributed by atoms with Gasteiger partial charge >= 0.3 is 6.18 Å². The average Bonchev–Trinajstić information content (AvgIpc) is 1.78. The van der Waals surface area contributed by atoms with Gasteiger partial charge in [-0.25, -0.2) is 0 Å². The molecule has 2 N–H and O–H groups in total. The van der Waals surface area contributed by atoms with Crippen LogP contribution in [0.5, 0.6) is 0 Å². The number of aliphatic hydroxyl groups is 1. The number of alkyl halides is 3. The Kier molecular flexibility index (Phi) is 4.44. The molecule has 0 spiro atoms. The first kappa shape index (κ1) is 10.7. The molecule has 0 aromatic carbocycles. The Labute approximate surface area is 63.4 Å². The molecule has 0 amide bonds. The Hall–Kier alpha value is -0.290. The Bertz CT molecular complexity index is 102. The maximum Gasteiger partial charge on any atom is 0.390 e. The van der Waals surface area contributed by atoms with Crippen LogP contribution in [0.25, 0.3) is 0 Å². The quantitative estimate of drug-likeness (QED) is 0.616. The number of hydrogen-bond donors (Lipinski definition) is 2. The molecule has 0 aliphatic rings. The lowest BCUT2D eigenvalue weighted by Crippen LogP contribution is -2.28. The lowest BCUT2D eigenvalue weighted by atomic mass is 10.3. The van der Waals surface area contributed by atoms with Gasteiger partial charge in [-0.2, -0.15) is 13.2 Å². The first-order valence-corrected chi connectivity index (χ1v) is 3.37. The van der Waals surface area contributed by atoms with Gasteiger partial charge in [0.15, 0.2) is 0 Å². The van der Waals surface area contributed by atoms with Crippen LogP contribution in [0.3, 0.4) is 0 Å². The molecule has 5 heteroatoms. The summed E-state index contributed by atoms with van der Waals surface area (Å²) in [6.45, 7) is 1.59. The molecule has 0 saturated heterocycles. The van der Waals surface area contributed by atoms with E-state index in [2.05, 4.69) is 5.32 Å². The Morgan fingerprint density at radius 2 is 2.00 bits per heavy atom. The molecule has 0 aromatic heterocycles. The van der Waals surface area contributed by atoms with Crippen molar-refractivity contribution in [3.05, 3.63) is 0 Å². The molecular formula is C6H12F3NO. The zero-order valence-corrected chi connectivity index (χ0v) is 6.28. The molecule has 0 fully saturated rings. The molecule has 0 bridgehead atoms. The van der Waals surface area contributed by atoms with Gasteiger partial charge in [-0.1, -0.05) is 0 Å². The van der Waals surface area contributed by atoms with Gasteiger partial charge in [0.2, 0.25) is 0 Å². The van der Waals surface area contributed by atoms with E-state index in [4.69, 9.17) is 5.11 Å². The van der Waals surface area contributed by atoms with E-state index in [1.807, 2.05) is 0 Å². The van der Waals surface area contributed by atoms with Gasteiger partial charge in [-0.15, -0.1) is 0 Å². The van der Waals surface area contributed by atoms with E-state index in [1.165, 1.54) is 6.92 Å². The summed E-state index contributed by atoms with van der Waals surface area (Å²) in [6, 6.07) is 0. The standard InChI is InChI=1S/C6H12F3NO/c1-5(11)4-10-3-2-6(7,8)9/h5,10-11H,2-4H2,1H3/t5-/m1/s1. The zero-order valence-electron chi connectivity index (χ0n) is 6.28. The van der Waals surface area contributed by atoms with Crippen molar-refractivity contribution in [2.75, 3.05) is 13.1 Å². The first-order valence-electron chi connectivity index (χ1n) is 3.37. The number of aliphatic hydroxyl groups excluding tert-OH is 1. The summed E-state index contributed by atoms with van der Waals surface area (Å²) in [4.78, 5) is 0. The summed E-state index contributed by atoms with van der Waals surface area (Å²) in [6.07, 6.45) is -5.55. The topological polar surface area (TPSA) is 32.3 Å². The van der Waals surface area contributed by atoms with Gasteiger partial charge in [-0.3, -0.25) is 0 Å². The SMILES string of the molecule is C[C@@H](O)CNCCC(F)(F)F. The van der Waals surface area contributed by atoms with Crippen LogP contribution in [0.2, 0.25) is 0 Å². The predicted molar refractivity (Wildman–Crippen MR) is 35.2 cm³/mol. The van der Waals surface area contributed by atoms with E-state index < -0.39 is 18.7 Å². The van der Waals surface area contributed by atoms with Crippen LogP contribution in [0, 0.1) is 0 Å². The summed E-state index contributed by atoms with van der Waals surface area (Å²) >= 11 is 0. The minimum absolute atomic E-state index is 0.131. The molecule has 0 heterocycles. The Balaban J connectivity index is 3.15. The van der Waals surface area contributed by atoms with Crippen molar-refractivity contribution < 1.29 is 18.3 Å². The fourth-order valence-corrected chi connectivity index (χ4v) is 0.541. The van der Waals surface area contributed by atoms with Crippen LogP contribution in [0.15, 0.2) is 0 Å². The second-order valence-electron chi connectivity index (χ2n) is 2.42. The highest BCUT2D eigenvalue weighted by molar-refractivity contribution is 4.56. The summed E-state index contributed by atoms with van der Waals surface area (Å²) in [5, 5.41) is 11.1. The van der Waals surface area contributed by atoms with Crippen molar-refractivity contribution >= 4 is 0 Å². The summed E-state index contributed by atoms with van der Waals surface area (Å²) in [5.41, 5.74) is 0. The zero-order chi connectivity index (χ0) is 8.91. The fourth-order valence-electron chi connectivity index (χ4n) is 0.541. The van der Waals surface area contributed by atoms with Crippen molar-refractivity contribution in [3.63, 3.8) is 0 Å². The van der Waals surface area contributed by atoms with Crippen LogP contribution in [-0.4, -0.2) is 30.5 Å². The normalized spacial score (nSPS) is 15.0. The van der Waals surface area contributed by atoms with Crippen LogP contribution in [0.4, 0.5) is 13.2 Å². The molecule has 68 valence electrons. The van der Waals surface area contributed by atoms with Gasteiger partial charge in [0.1, 0.15) is 0 Å². The largest absolute Gasteiger partial charge is 0.392 e. The highest BCUT2D eigenvalue weighted by atomic mass is 19.4. The van der Waals surface area contributed by atoms with Crippen molar-refractivity contribution in [1.82, 2.24) is 5.32 Å². The number of rotatable bonds is 4. The van der Waals surface area contributed by atoms with E-state index in [0.717, 1.165) is 0 Å². The maximum atomic E-state index is 11.5. The molecule has 0 rings (SSSR count).